The Morgan fingerprint density at radius 1 is 1.07 bits per heavy atom. The molecule has 0 bridgehead atoms. The average Bonchev–Trinajstić information content (AvgIpc) is 3.39. The van der Waals surface area contributed by atoms with E-state index in [1.165, 1.54) is 6.26 Å². The molecule has 132 valence electrons. The molecule has 2 aromatic carbocycles. The number of imidazole rings is 1. The van der Waals surface area contributed by atoms with Crippen LogP contribution in [0.5, 0.6) is 0 Å². The molecule has 0 fully saturated rings. The number of amides is 1. The number of carbonyl (C=O) groups is 1. The number of anilines is 1. The highest BCUT2D eigenvalue weighted by Gasteiger charge is 2.13. The molecule has 0 aliphatic carbocycles. The van der Waals surface area contributed by atoms with Gasteiger partial charge in [-0.2, -0.15) is 0 Å². The molecule has 2 N–H and O–H groups in total. The molecule has 5 rings (SSSR count). The monoisotopic (exact) mass is 358 g/mol. The highest BCUT2D eigenvalue weighted by molar-refractivity contribution is 6.03. The number of carbonyl (C=O) groups excluding carboxylic acids is 1. The van der Waals surface area contributed by atoms with Gasteiger partial charge < -0.3 is 19.1 Å². The van der Waals surface area contributed by atoms with Crippen LogP contribution in [0.25, 0.3) is 33.6 Å². The fourth-order valence-electron chi connectivity index (χ4n) is 3.00. The van der Waals surface area contributed by atoms with Crippen molar-refractivity contribution >= 4 is 33.7 Å². The van der Waals surface area contributed by atoms with Crippen LogP contribution < -0.4 is 5.32 Å². The summed E-state index contributed by atoms with van der Waals surface area (Å²) in [5.74, 6) is 1.30. The first-order chi connectivity index (χ1) is 13.2. The molecule has 0 spiro atoms. The molecule has 0 saturated heterocycles. The van der Waals surface area contributed by atoms with E-state index >= 15 is 0 Å². The maximum atomic E-state index is 12.1. The summed E-state index contributed by atoms with van der Waals surface area (Å²) in [5, 5.41) is 2.78. The summed E-state index contributed by atoms with van der Waals surface area (Å²) in [6.45, 7) is 1.91. The molecule has 0 aliphatic rings. The van der Waals surface area contributed by atoms with Gasteiger partial charge in [-0.25, -0.2) is 9.97 Å². The smallest absolute Gasteiger partial charge is 0.291 e. The lowest BCUT2D eigenvalue weighted by Crippen LogP contribution is -2.10. The number of hydrogen-bond donors (Lipinski definition) is 2. The number of hydrogen-bond acceptors (Lipinski definition) is 5. The summed E-state index contributed by atoms with van der Waals surface area (Å²) < 4.78 is 11.0. The second-order valence-electron chi connectivity index (χ2n) is 6.19. The number of H-pyrrole nitrogens is 1. The van der Waals surface area contributed by atoms with Crippen molar-refractivity contribution in [1.82, 2.24) is 15.0 Å². The van der Waals surface area contributed by atoms with Gasteiger partial charge in [0.25, 0.3) is 5.91 Å². The van der Waals surface area contributed by atoms with E-state index < -0.39 is 0 Å². The van der Waals surface area contributed by atoms with E-state index in [1.807, 2.05) is 25.1 Å². The Morgan fingerprint density at radius 2 is 2.00 bits per heavy atom. The maximum Gasteiger partial charge on any atom is 0.291 e. The van der Waals surface area contributed by atoms with Crippen LogP contribution >= 0.6 is 0 Å². The zero-order valence-corrected chi connectivity index (χ0v) is 14.3. The molecular formula is C20H14N4O3. The Labute approximate surface area is 153 Å². The van der Waals surface area contributed by atoms with Crippen molar-refractivity contribution in [2.24, 2.45) is 0 Å². The summed E-state index contributed by atoms with van der Waals surface area (Å²) in [4.78, 5) is 24.3. The van der Waals surface area contributed by atoms with Crippen LogP contribution in [0.3, 0.4) is 0 Å². The molecule has 5 aromatic rings. The van der Waals surface area contributed by atoms with Crippen molar-refractivity contribution in [2.45, 2.75) is 6.92 Å². The summed E-state index contributed by atoms with van der Waals surface area (Å²) in [5.41, 5.74) is 4.59. The summed E-state index contributed by atoms with van der Waals surface area (Å²) in [6, 6.07) is 14.4. The Morgan fingerprint density at radius 3 is 2.85 bits per heavy atom. The Balaban J connectivity index is 1.48. The van der Waals surface area contributed by atoms with Crippen molar-refractivity contribution in [3.8, 4) is 11.5 Å². The predicted octanol–water partition coefficient (Wildman–Crippen LogP) is 4.52. The van der Waals surface area contributed by atoms with Gasteiger partial charge in [0, 0.05) is 11.3 Å². The summed E-state index contributed by atoms with van der Waals surface area (Å²) in [7, 11) is 0. The van der Waals surface area contributed by atoms with Gasteiger partial charge >= 0.3 is 0 Å². The minimum Gasteiger partial charge on any atom is -0.459 e. The fraction of sp³-hybridized carbons (Fsp3) is 0.0500. The molecule has 0 radical (unpaired) electrons. The number of benzene rings is 2. The van der Waals surface area contributed by atoms with E-state index in [9.17, 15) is 4.79 Å². The Bertz CT molecular complexity index is 1280. The summed E-state index contributed by atoms with van der Waals surface area (Å²) in [6.07, 6.45) is 1.46. The van der Waals surface area contributed by atoms with Crippen LogP contribution in [0.15, 0.2) is 63.6 Å². The SMILES string of the molecule is Cc1nc2ccc(-c3nc4cc(NC(=O)c5ccco5)ccc4o3)cc2[nH]1. The average molecular weight is 358 g/mol. The number of oxazole rings is 1. The molecule has 0 atom stereocenters. The summed E-state index contributed by atoms with van der Waals surface area (Å²) >= 11 is 0. The molecular weight excluding hydrogens is 344 g/mol. The van der Waals surface area contributed by atoms with Gasteiger partial charge in [-0.1, -0.05) is 0 Å². The Hall–Kier alpha value is -3.87. The number of furan rings is 1. The van der Waals surface area contributed by atoms with Gasteiger partial charge in [0.2, 0.25) is 5.89 Å². The number of aromatic amines is 1. The first kappa shape index (κ1) is 15.4. The van der Waals surface area contributed by atoms with Gasteiger partial charge in [-0.15, -0.1) is 0 Å². The lowest BCUT2D eigenvalue weighted by molar-refractivity contribution is 0.0996. The molecule has 0 saturated carbocycles. The normalized spacial score (nSPS) is 11.3. The van der Waals surface area contributed by atoms with Gasteiger partial charge in [-0.3, -0.25) is 4.79 Å². The lowest BCUT2D eigenvalue weighted by Gasteiger charge is -2.01. The van der Waals surface area contributed by atoms with Gasteiger partial charge in [0.15, 0.2) is 11.3 Å². The number of aromatic nitrogens is 3. The van der Waals surface area contributed by atoms with Crippen LogP contribution in [0, 0.1) is 6.92 Å². The third-order valence-electron chi connectivity index (χ3n) is 4.24. The van der Waals surface area contributed by atoms with Gasteiger partial charge in [0.05, 0.1) is 17.3 Å². The van der Waals surface area contributed by atoms with E-state index in [-0.39, 0.29) is 11.7 Å². The van der Waals surface area contributed by atoms with Crippen molar-refractivity contribution < 1.29 is 13.6 Å². The lowest BCUT2D eigenvalue weighted by atomic mass is 10.2. The molecule has 0 aliphatic heterocycles. The quantitative estimate of drug-likeness (QED) is 0.494. The highest BCUT2D eigenvalue weighted by atomic mass is 16.3. The molecule has 7 nitrogen and oxygen atoms in total. The van der Waals surface area contributed by atoms with Crippen LogP contribution in [-0.2, 0) is 0 Å². The van der Waals surface area contributed by atoms with Crippen LogP contribution in [0.4, 0.5) is 5.69 Å². The van der Waals surface area contributed by atoms with E-state index in [0.717, 1.165) is 22.4 Å². The number of fused-ring (bicyclic) bond motifs is 2. The first-order valence-corrected chi connectivity index (χ1v) is 8.38. The number of rotatable bonds is 3. The predicted molar refractivity (Wildman–Crippen MR) is 100 cm³/mol. The molecule has 3 aromatic heterocycles. The van der Waals surface area contributed by atoms with E-state index in [2.05, 4.69) is 20.3 Å². The van der Waals surface area contributed by atoms with Crippen molar-refractivity contribution in [1.29, 1.82) is 0 Å². The number of nitrogens with zero attached hydrogens (tertiary/aromatic N) is 2. The largest absolute Gasteiger partial charge is 0.459 e. The van der Waals surface area contributed by atoms with Crippen molar-refractivity contribution in [3.05, 3.63) is 66.4 Å². The fourth-order valence-corrected chi connectivity index (χ4v) is 3.00. The zero-order valence-electron chi connectivity index (χ0n) is 14.3. The second-order valence-corrected chi connectivity index (χ2v) is 6.19. The molecule has 0 unspecified atom stereocenters. The van der Waals surface area contributed by atoms with Crippen LogP contribution in [-0.4, -0.2) is 20.9 Å². The van der Waals surface area contributed by atoms with E-state index in [0.29, 0.717) is 22.7 Å². The minimum atomic E-state index is -0.317. The Kier molecular flexibility index (Phi) is 3.33. The maximum absolute atomic E-state index is 12.1. The van der Waals surface area contributed by atoms with Crippen molar-refractivity contribution in [2.75, 3.05) is 5.32 Å². The first-order valence-electron chi connectivity index (χ1n) is 8.38. The third kappa shape index (κ3) is 2.75. The number of nitrogens with one attached hydrogen (secondary N) is 2. The zero-order chi connectivity index (χ0) is 18.4. The van der Waals surface area contributed by atoms with E-state index in [1.54, 1.807) is 30.3 Å². The van der Waals surface area contributed by atoms with Crippen molar-refractivity contribution in [3.63, 3.8) is 0 Å². The van der Waals surface area contributed by atoms with Crippen LogP contribution in [0.1, 0.15) is 16.4 Å². The molecule has 7 heteroatoms. The minimum absolute atomic E-state index is 0.249. The third-order valence-corrected chi connectivity index (χ3v) is 4.24. The second kappa shape index (κ2) is 5.84. The molecule has 27 heavy (non-hydrogen) atoms. The topological polar surface area (TPSA) is 97.0 Å². The van der Waals surface area contributed by atoms with E-state index in [4.69, 9.17) is 8.83 Å². The van der Waals surface area contributed by atoms with Gasteiger partial charge in [-0.05, 0) is 55.5 Å². The van der Waals surface area contributed by atoms with Gasteiger partial charge in [0.1, 0.15) is 11.3 Å². The molecule has 3 heterocycles. The standard InChI is InChI=1S/C20H14N4O3/c1-11-21-14-6-4-12(9-15(14)22-11)20-24-16-10-13(5-7-17(16)27-20)23-19(25)18-3-2-8-26-18/h2-10H,1H3,(H,21,22)(H,23,25). The highest BCUT2D eigenvalue weighted by Crippen LogP contribution is 2.28. The number of aryl methyl sites for hydroxylation is 1. The van der Waals surface area contributed by atoms with Crippen LogP contribution in [0.2, 0.25) is 0 Å². The molecule has 1 amide bonds.